The fourth-order valence-corrected chi connectivity index (χ4v) is 2.07. The highest BCUT2D eigenvalue weighted by atomic mass is 35.5. The van der Waals surface area contributed by atoms with E-state index >= 15 is 0 Å². The second-order valence-electron chi connectivity index (χ2n) is 4.15. The van der Waals surface area contributed by atoms with Crippen molar-refractivity contribution in [2.75, 3.05) is 0 Å². The van der Waals surface area contributed by atoms with Crippen LogP contribution in [0.25, 0.3) is 0 Å². The summed E-state index contributed by atoms with van der Waals surface area (Å²) in [5, 5.41) is 8.40. The summed E-state index contributed by atoms with van der Waals surface area (Å²) in [6.07, 6.45) is 4.99. The minimum absolute atomic E-state index is 0.0354. The van der Waals surface area contributed by atoms with Crippen LogP contribution < -0.4 is 11.2 Å². The molecule has 0 saturated heterocycles. The van der Waals surface area contributed by atoms with Crippen LogP contribution in [0, 0.1) is 5.41 Å². The molecule has 98 valence electrons. The van der Waals surface area contributed by atoms with E-state index in [2.05, 4.69) is 4.98 Å². The summed E-state index contributed by atoms with van der Waals surface area (Å²) in [6.45, 7) is 1.90. The minimum Gasteiger partial charge on any atom is -0.365 e. The molecule has 0 saturated carbocycles. The monoisotopic (exact) mass is 276 g/mol. The molecule has 0 radical (unpaired) electrons. The zero-order chi connectivity index (χ0) is 14.0. The van der Waals surface area contributed by atoms with Crippen molar-refractivity contribution < 1.29 is 4.79 Å². The summed E-state index contributed by atoms with van der Waals surface area (Å²) in [6, 6.07) is 4.95. The molecular weight excluding hydrogens is 264 g/mol. The van der Waals surface area contributed by atoms with Crippen LogP contribution in [0.5, 0.6) is 0 Å². The van der Waals surface area contributed by atoms with Crippen LogP contribution in [-0.2, 0) is 0 Å². The van der Waals surface area contributed by atoms with Gasteiger partial charge in [-0.1, -0.05) is 17.7 Å². The first-order valence-electron chi connectivity index (χ1n) is 5.66. The van der Waals surface area contributed by atoms with Crippen LogP contribution in [0.15, 0.2) is 36.8 Å². The van der Waals surface area contributed by atoms with E-state index in [-0.39, 0.29) is 17.1 Å². The third-order valence-electron chi connectivity index (χ3n) is 2.91. The normalized spacial score (nSPS) is 12.1. The number of primary amides is 1. The maximum absolute atomic E-state index is 11.3. The standard InChI is InChI=1S/C13H13ClN4O/c1-8(9-3-2-4-17-6-9)18-7-10(14)5-11(12(18)15)13(16)19/h2-8,15H,1H3,(H2,16,19). The SMILES string of the molecule is CC(c1cccnc1)n1cc(Cl)cc(C(N)=O)c1=N. The average molecular weight is 277 g/mol. The van der Waals surface area contributed by atoms with E-state index < -0.39 is 5.91 Å². The van der Waals surface area contributed by atoms with Crippen molar-refractivity contribution in [3.63, 3.8) is 0 Å². The van der Waals surface area contributed by atoms with Crippen LogP contribution in [0.4, 0.5) is 0 Å². The fraction of sp³-hybridized carbons (Fsp3) is 0.154. The van der Waals surface area contributed by atoms with Crippen molar-refractivity contribution >= 4 is 17.5 Å². The number of nitrogens with one attached hydrogen (secondary N) is 1. The predicted octanol–water partition coefficient (Wildman–Crippen LogP) is 1.72. The van der Waals surface area contributed by atoms with Gasteiger partial charge in [-0.15, -0.1) is 0 Å². The first kappa shape index (κ1) is 13.3. The van der Waals surface area contributed by atoms with Gasteiger partial charge in [-0.25, -0.2) is 0 Å². The number of hydrogen-bond acceptors (Lipinski definition) is 3. The van der Waals surface area contributed by atoms with Crippen molar-refractivity contribution in [2.24, 2.45) is 5.73 Å². The Morgan fingerprint density at radius 2 is 2.32 bits per heavy atom. The van der Waals surface area contributed by atoms with Crippen LogP contribution in [-0.4, -0.2) is 15.5 Å². The van der Waals surface area contributed by atoms with E-state index in [0.717, 1.165) is 5.56 Å². The molecule has 3 N–H and O–H groups in total. The number of nitrogens with two attached hydrogens (primary N) is 1. The van der Waals surface area contributed by atoms with Gasteiger partial charge in [-0.3, -0.25) is 15.2 Å². The highest BCUT2D eigenvalue weighted by molar-refractivity contribution is 6.30. The van der Waals surface area contributed by atoms with Gasteiger partial charge >= 0.3 is 0 Å². The Kier molecular flexibility index (Phi) is 3.66. The van der Waals surface area contributed by atoms with Gasteiger partial charge in [0.2, 0.25) is 0 Å². The highest BCUT2D eigenvalue weighted by Crippen LogP contribution is 2.17. The first-order valence-corrected chi connectivity index (χ1v) is 6.04. The summed E-state index contributed by atoms with van der Waals surface area (Å²) in [5.74, 6) is -0.667. The minimum atomic E-state index is -0.667. The van der Waals surface area contributed by atoms with Crippen molar-refractivity contribution in [1.29, 1.82) is 5.41 Å². The maximum Gasteiger partial charge on any atom is 0.252 e. The number of carbonyl (C=O) groups excluding carboxylic acids is 1. The molecule has 19 heavy (non-hydrogen) atoms. The Morgan fingerprint density at radius 3 is 2.89 bits per heavy atom. The van der Waals surface area contributed by atoms with E-state index in [1.165, 1.54) is 6.07 Å². The molecule has 5 nitrogen and oxygen atoms in total. The molecule has 0 fully saturated rings. The number of aromatic nitrogens is 2. The van der Waals surface area contributed by atoms with Crippen molar-refractivity contribution in [3.8, 4) is 0 Å². The second kappa shape index (κ2) is 5.24. The number of rotatable bonds is 3. The van der Waals surface area contributed by atoms with Gasteiger partial charge < -0.3 is 10.3 Å². The van der Waals surface area contributed by atoms with Gasteiger partial charge in [0.25, 0.3) is 5.91 Å². The van der Waals surface area contributed by atoms with Gasteiger partial charge in [0.05, 0.1) is 16.6 Å². The number of carbonyl (C=O) groups is 1. The van der Waals surface area contributed by atoms with Gasteiger partial charge in [-0.05, 0) is 24.6 Å². The Hall–Kier alpha value is -2.14. The summed E-state index contributed by atoms with van der Waals surface area (Å²) in [5.41, 5.74) is 6.30. The van der Waals surface area contributed by atoms with E-state index in [1.807, 2.05) is 19.1 Å². The number of hydrogen-bond donors (Lipinski definition) is 2. The Balaban J connectivity index is 2.57. The molecule has 2 aromatic heterocycles. The van der Waals surface area contributed by atoms with E-state index in [1.54, 1.807) is 23.2 Å². The Bertz CT molecular complexity index is 666. The highest BCUT2D eigenvalue weighted by Gasteiger charge is 2.13. The van der Waals surface area contributed by atoms with Crippen LogP contribution in [0.2, 0.25) is 5.02 Å². The van der Waals surface area contributed by atoms with Crippen molar-refractivity contribution in [2.45, 2.75) is 13.0 Å². The molecule has 0 aliphatic rings. The molecular formula is C13H13ClN4O. The second-order valence-corrected chi connectivity index (χ2v) is 4.59. The first-order chi connectivity index (χ1) is 9.00. The van der Waals surface area contributed by atoms with Crippen LogP contribution in [0.3, 0.4) is 0 Å². The lowest BCUT2D eigenvalue weighted by Gasteiger charge is -2.17. The van der Waals surface area contributed by atoms with E-state index in [0.29, 0.717) is 5.02 Å². The largest absolute Gasteiger partial charge is 0.365 e. The molecule has 1 amide bonds. The topological polar surface area (TPSA) is 84.8 Å². The van der Waals surface area contributed by atoms with E-state index in [4.69, 9.17) is 22.7 Å². The lowest BCUT2D eigenvalue weighted by molar-refractivity contribution is 0.0997. The van der Waals surface area contributed by atoms with Gasteiger partial charge in [0, 0.05) is 18.6 Å². The quantitative estimate of drug-likeness (QED) is 0.894. The zero-order valence-electron chi connectivity index (χ0n) is 10.3. The molecule has 2 heterocycles. The third kappa shape index (κ3) is 2.66. The molecule has 2 rings (SSSR count). The van der Waals surface area contributed by atoms with Gasteiger partial charge in [0.1, 0.15) is 5.49 Å². The predicted molar refractivity (Wildman–Crippen MR) is 71.9 cm³/mol. The third-order valence-corrected chi connectivity index (χ3v) is 3.11. The molecule has 1 atom stereocenters. The smallest absolute Gasteiger partial charge is 0.252 e. The van der Waals surface area contributed by atoms with Gasteiger partial charge in [0.15, 0.2) is 0 Å². The maximum atomic E-state index is 11.3. The van der Waals surface area contributed by atoms with Crippen LogP contribution >= 0.6 is 11.6 Å². The molecule has 6 heteroatoms. The van der Waals surface area contributed by atoms with Crippen LogP contribution in [0.1, 0.15) is 28.9 Å². The summed E-state index contributed by atoms with van der Waals surface area (Å²) >= 11 is 5.97. The Morgan fingerprint density at radius 1 is 1.58 bits per heavy atom. The average Bonchev–Trinajstić information content (AvgIpc) is 2.41. The summed E-state index contributed by atoms with van der Waals surface area (Å²) in [4.78, 5) is 15.3. The number of halogens is 1. The molecule has 0 aliphatic heterocycles. The molecule has 0 aromatic carbocycles. The lowest BCUT2D eigenvalue weighted by atomic mass is 10.1. The molecule has 0 bridgehead atoms. The van der Waals surface area contributed by atoms with Gasteiger partial charge in [-0.2, -0.15) is 0 Å². The van der Waals surface area contributed by atoms with Crippen molar-refractivity contribution in [1.82, 2.24) is 9.55 Å². The fourth-order valence-electron chi connectivity index (χ4n) is 1.86. The summed E-state index contributed by atoms with van der Waals surface area (Å²) in [7, 11) is 0. The molecule has 1 unspecified atom stereocenters. The molecule has 0 spiro atoms. The molecule has 2 aromatic rings. The van der Waals surface area contributed by atoms with E-state index in [9.17, 15) is 4.79 Å². The zero-order valence-corrected chi connectivity index (χ0v) is 11.1. The number of pyridine rings is 2. The number of amides is 1. The number of nitrogens with zero attached hydrogens (tertiary/aromatic N) is 2. The Labute approximate surface area is 115 Å². The molecule has 0 aliphatic carbocycles. The lowest BCUT2D eigenvalue weighted by Crippen LogP contribution is -2.31. The summed E-state index contributed by atoms with van der Waals surface area (Å²) < 4.78 is 1.60. The van der Waals surface area contributed by atoms with Crippen molar-refractivity contribution in [3.05, 3.63) is 58.4 Å².